The molecule has 0 unspecified atom stereocenters. The molecule has 2 N–H and O–H groups in total. The summed E-state index contributed by atoms with van der Waals surface area (Å²) < 4.78 is 0. The van der Waals surface area contributed by atoms with Crippen LogP contribution in [0.25, 0.3) is 0 Å². The van der Waals surface area contributed by atoms with Crippen molar-refractivity contribution in [1.82, 2.24) is 0 Å². The van der Waals surface area contributed by atoms with Crippen molar-refractivity contribution >= 4 is 23.6 Å². The number of carbonyl (C=O) groups is 1. The van der Waals surface area contributed by atoms with Gasteiger partial charge in [0, 0.05) is 29.5 Å². The minimum atomic E-state index is 0.425. The van der Waals surface area contributed by atoms with Crippen molar-refractivity contribution in [1.29, 1.82) is 0 Å². The molecule has 0 aliphatic heterocycles. The van der Waals surface area contributed by atoms with Crippen LogP contribution in [0, 0.1) is 13.8 Å². The molecule has 0 saturated heterocycles. The van der Waals surface area contributed by atoms with Crippen molar-refractivity contribution in [2.45, 2.75) is 26.7 Å². The fourth-order valence-electron chi connectivity index (χ4n) is 2.62. The molecule has 0 aromatic heterocycles. The SMILES string of the molecule is CN=C(C1=C(N)CCC(C=O)=C1Cl)c1ccc(C)cc1C. The number of hydrogen-bond acceptors (Lipinski definition) is 3. The smallest absolute Gasteiger partial charge is 0.147 e. The minimum Gasteiger partial charge on any atom is -0.401 e. The number of halogens is 1. The third-order valence-electron chi connectivity index (χ3n) is 3.73. The van der Waals surface area contributed by atoms with Crippen LogP contribution in [-0.4, -0.2) is 19.0 Å². The van der Waals surface area contributed by atoms with E-state index in [9.17, 15) is 4.79 Å². The number of aldehydes is 1. The number of hydrogen-bond donors (Lipinski definition) is 1. The first kappa shape index (κ1) is 15.5. The van der Waals surface area contributed by atoms with E-state index >= 15 is 0 Å². The van der Waals surface area contributed by atoms with Gasteiger partial charge in [-0.25, -0.2) is 0 Å². The summed E-state index contributed by atoms with van der Waals surface area (Å²) in [5.74, 6) is 0. The van der Waals surface area contributed by atoms with Crippen molar-refractivity contribution in [3.05, 3.63) is 56.8 Å². The maximum absolute atomic E-state index is 11.1. The Morgan fingerprint density at radius 2 is 2.05 bits per heavy atom. The number of aliphatic imine (C=N–C) groups is 1. The zero-order chi connectivity index (χ0) is 15.6. The highest BCUT2D eigenvalue weighted by molar-refractivity contribution is 6.39. The highest BCUT2D eigenvalue weighted by atomic mass is 35.5. The molecule has 0 heterocycles. The first-order valence-electron chi connectivity index (χ1n) is 6.87. The molecule has 1 aliphatic rings. The van der Waals surface area contributed by atoms with E-state index in [0.29, 0.717) is 34.7 Å². The van der Waals surface area contributed by atoms with Gasteiger partial charge in [0.1, 0.15) is 6.29 Å². The van der Waals surface area contributed by atoms with Crippen LogP contribution in [0.15, 0.2) is 45.1 Å². The first-order valence-corrected chi connectivity index (χ1v) is 7.25. The van der Waals surface area contributed by atoms with E-state index in [1.807, 2.05) is 26.0 Å². The molecule has 0 amide bonds. The Bertz CT molecular complexity index is 684. The second-order valence-corrected chi connectivity index (χ2v) is 5.63. The van der Waals surface area contributed by atoms with E-state index < -0.39 is 0 Å². The van der Waals surface area contributed by atoms with E-state index in [-0.39, 0.29) is 0 Å². The van der Waals surface area contributed by atoms with Crippen LogP contribution >= 0.6 is 11.6 Å². The van der Waals surface area contributed by atoms with Gasteiger partial charge < -0.3 is 5.73 Å². The monoisotopic (exact) mass is 302 g/mol. The Hall–Kier alpha value is -1.87. The van der Waals surface area contributed by atoms with Crippen molar-refractivity contribution in [2.75, 3.05) is 7.05 Å². The quantitative estimate of drug-likeness (QED) is 0.687. The Labute approximate surface area is 130 Å². The number of benzene rings is 1. The molecule has 0 bridgehead atoms. The minimum absolute atomic E-state index is 0.425. The first-order chi connectivity index (χ1) is 9.99. The molecule has 1 aliphatic carbocycles. The molecule has 3 nitrogen and oxygen atoms in total. The van der Waals surface area contributed by atoms with E-state index in [1.165, 1.54) is 5.56 Å². The van der Waals surface area contributed by atoms with Gasteiger partial charge in [0.15, 0.2) is 0 Å². The lowest BCUT2D eigenvalue weighted by molar-refractivity contribution is -0.105. The Morgan fingerprint density at radius 1 is 1.33 bits per heavy atom. The predicted octanol–water partition coefficient (Wildman–Crippen LogP) is 3.42. The molecule has 1 aromatic carbocycles. The van der Waals surface area contributed by atoms with Gasteiger partial charge in [-0.2, -0.15) is 0 Å². The van der Waals surface area contributed by atoms with E-state index in [4.69, 9.17) is 17.3 Å². The lowest BCUT2D eigenvalue weighted by atomic mass is 9.89. The highest BCUT2D eigenvalue weighted by Crippen LogP contribution is 2.33. The van der Waals surface area contributed by atoms with Crippen LogP contribution in [0.5, 0.6) is 0 Å². The Morgan fingerprint density at radius 3 is 2.62 bits per heavy atom. The number of allylic oxidation sites excluding steroid dienone is 4. The van der Waals surface area contributed by atoms with Gasteiger partial charge in [-0.1, -0.05) is 35.4 Å². The van der Waals surface area contributed by atoms with Gasteiger partial charge in [-0.15, -0.1) is 0 Å². The van der Waals surface area contributed by atoms with Crippen LogP contribution in [0.1, 0.15) is 29.5 Å². The van der Waals surface area contributed by atoms with Crippen LogP contribution in [0.2, 0.25) is 0 Å². The van der Waals surface area contributed by atoms with Crippen LogP contribution in [0.3, 0.4) is 0 Å². The lowest BCUT2D eigenvalue weighted by Crippen LogP contribution is -2.18. The van der Waals surface area contributed by atoms with Crippen molar-refractivity contribution in [3.63, 3.8) is 0 Å². The predicted molar refractivity (Wildman–Crippen MR) is 87.8 cm³/mol. The van der Waals surface area contributed by atoms with E-state index in [2.05, 4.69) is 11.1 Å². The van der Waals surface area contributed by atoms with Gasteiger partial charge in [0.25, 0.3) is 0 Å². The fourth-order valence-corrected chi connectivity index (χ4v) is 2.97. The normalized spacial score (nSPS) is 16.5. The topological polar surface area (TPSA) is 55.4 Å². The molecule has 4 heteroatoms. The Balaban J connectivity index is 2.61. The summed E-state index contributed by atoms with van der Waals surface area (Å²) in [7, 11) is 1.72. The number of nitrogens with two attached hydrogens (primary N) is 1. The largest absolute Gasteiger partial charge is 0.401 e. The van der Waals surface area contributed by atoms with Gasteiger partial charge in [-0.3, -0.25) is 9.79 Å². The van der Waals surface area contributed by atoms with Gasteiger partial charge >= 0.3 is 0 Å². The summed E-state index contributed by atoms with van der Waals surface area (Å²) >= 11 is 6.38. The number of aryl methyl sites for hydroxylation is 2. The molecular weight excluding hydrogens is 284 g/mol. The maximum atomic E-state index is 11.1. The molecule has 110 valence electrons. The average Bonchev–Trinajstić information content (AvgIpc) is 2.44. The van der Waals surface area contributed by atoms with Crippen LogP contribution in [-0.2, 0) is 4.79 Å². The molecule has 1 aromatic rings. The summed E-state index contributed by atoms with van der Waals surface area (Å²) in [6, 6.07) is 6.15. The second-order valence-electron chi connectivity index (χ2n) is 5.25. The van der Waals surface area contributed by atoms with E-state index in [0.717, 1.165) is 23.1 Å². The number of nitrogens with zero attached hydrogens (tertiary/aromatic N) is 1. The van der Waals surface area contributed by atoms with Gasteiger partial charge in [0.05, 0.1) is 10.7 Å². The van der Waals surface area contributed by atoms with Crippen LogP contribution < -0.4 is 5.73 Å². The zero-order valence-corrected chi connectivity index (χ0v) is 13.3. The molecule has 0 radical (unpaired) electrons. The standard InChI is InChI=1S/C17H19ClN2O/c1-10-4-6-13(11(2)8-10)17(20-3)15-14(19)7-5-12(9-21)16(15)18/h4,6,8-9H,5,7,19H2,1-3H3. The molecule has 2 rings (SSSR count). The Kier molecular flexibility index (Phi) is 4.63. The maximum Gasteiger partial charge on any atom is 0.147 e. The number of carbonyl (C=O) groups excluding carboxylic acids is 1. The third kappa shape index (κ3) is 2.93. The van der Waals surface area contributed by atoms with Gasteiger partial charge in [0.2, 0.25) is 0 Å². The molecular formula is C17H19ClN2O. The zero-order valence-electron chi connectivity index (χ0n) is 12.5. The highest BCUT2D eigenvalue weighted by Gasteiger charge is 2.24. The van der Waals surface area contributed by atoms with Gasteiger partial charge in [-0.05, 0) is 32.3 Å². The molecule has 0 saturated carbocycles. The average molecular weight is 303 g/mol. The fraction of sp³-hybridized carbons (Fsp3) is 0.294. The second kappa shape index (κ2) is 6.27. The van der Waals surface area contributed by atoms with Crippen molar-refractivity contribution < 1.29 is 4.79 Å². The number of rotatable bonds is 3. The molecule has 0 spiro atoms. The molecule has 21 heavy (non-hydrogen) atoms. The summed E-state index contributed by atoms with van der Waals surface area (Å²) in [5.41, 5.74) is 12.1. The van der Waals surface area contributed by atoms with Crippen molar-refractivity contribution in [3.8, 4) is 0 Å². The lowest BCUT2D eigenvalue weighted by Gasteiger charge is -2.21. The van der Waals surface area contributed by atoms with Crippen molar-refractivity contribution in [2.24, 2.45) is 10.7 Å². The summed E-state index contributed by atoms with van der Waals surface area (Å²) in [6.45, 7) is 4.08. The molecule has 0 fully saturated rings. The molecule has 0 atom stereocenters. The summed E-state index contributed by atoms with van der Waals surface area (Å²) in [6.07, 6.45) is 2.02. The third-order valence-corrected chi connectivity index (χ3v) is 4.16. The van der Waals surface area contributed by atoms with E-state index in [1.54, 1.807) is 7.05 Å². The summed E-state index contributed by atoms with van der Waals surface area (Å²) in [4.78, 5) is 15.5. The summed E-state index contributed by atoms with van der Waals surface area (Å²) in [5, 5.41) is 0.425. The van der Waals surface area contributed by atoms with Crippen LogP contribution in [0.4, 0.5) is 0 Å².